The number of rotatable bonds is 6. The van der Waals surface area contributed by atoms with Gasteiger partial charge in [0.2, 0.25) is 11.8 Å². The third-order valence-electron chi connectivity index (χ3n) is 6.42. The van der Waals surface area contributed by atoms with Crippen LogP contribution < -0.4 is 5.32 Å². The highest BCUT2D eigenvalue weighted by molar-refractivity contribution is 5.91. The fourth-order valence-electron chi connectivity index (χ4n) is 4.79. The second-order valence-electron chi connectivity index (χ2n) is 9.58. The number of benzene rings is 2. The first-order valence-corrected chi connectivity index (χ1v) is 11.9. The SMILES string of the molecule is CC(C)C[C@H]1C(=O)N(Cc2ccc(F)cc2)C[C@H]2N1C(=O)CN(C)N2C(=O)NCc1ccccc1. The summed E-state index contributed by atoms with van der Waals surface area (Å²) in [6.07, 6.45) is -0.150. The lowest BCUT2D eigenvalue weighted by Gasteiger charge is -2.54. The molecule has 2 aromatic rings. The van der Waals surface area contributed by atoms with Gasteiger partial charge < -0.3 is 15.1 Å². The number of hydrogen-bond donors (Lipinski definition) is 1. The van der Waals surface area contributed by atoms with E-state index in [0.29, 0.717) is 13.0 Å². The average molecular weight is 482 g/mol. The third-order valence-corrected chi connectivity index (χ3v) is 6.42. The second kappa shape index (κ2) is 10.4. The summed E-state index contributed by atoms with van der Waals surface area (Å²) in [7, 11) is 1.70. The van der Waals surface area contributed by atoms with Gasteiger partial charge in [0.15, 0.2) is 0 Å². The summed E-state index contributed by atoms with van der Waals surface area (Å²) in [5.41, 5.74) is 1.75. The molecule has 0 unspecified atom stereocenters. The number of piperazine rings is 1. The number of carbonyl (C=O) groups excluding carboxylic acids is 3. The molecule has 0 aromatic heterocycles. The van der Waals surface area contributed by atoms with E-state index in [0.717, 1.165) is 11.1 Å². The van der Waals surface area contributed by atoms with Crippen molar-refractivity contribution in [2.45, 2.75) is 45.6 Å². The zero-order valence-electron chi connectivity index (χ0n) is 20.4. The Morgan fingerprint density at radius 2 is 1.74 bits per heavy atom. The molecule has 9 heteroatoms. The van der Waals surface area contributed by atoms with Gasteiger partial charge in [-0.05, 0) is 35.6 Å². The number of nitrogens with one attached hydrogen (secondary N) is 1. The molecule has 0 saturated carbocycles. The van der Waals surface area contributed by atoms with E-state index in [1.54, 1.807) is 39.0 Å². The molecule has 0 aliphatic carbocycles. The zero-order chi connectivity index (χ0) is 25.1. The normalized spacial score (nSPS) is 20.9. The van der Waals surface area contributed by atoms with Crippen molar-refractivity contribution < 1.29 is 18.8 Å². The minimum absolute atomic E-state index is 0.00902. The Labute approximate surface area is 205 Å². The summed E-state index contributed by atoms with van der Waals surface area (Å²) in [5.74, 6) is -0.501. The molecule has 0 spiro atoms. The first kappa shape index (κ1) is 24.7. The molecule has 2 saturated heterocycles. The van der Waals surface area contributed by atoms with Crippen molar-refractivity contribution in [1.82, 2.24) is 25.1 Å². The van der Waals surface area contributed by atoms with Crippen LogP contribution in [0, 0.1) is 11.7 Å². The molecule has 2 aliphatic heterocycles. The maximum Gasteiger partial charge on any atom is 0.334 e. The predicted molar refractivity (Wildman–Crippen MR) is 129 cm³/mol. The Hall–Kier alpha value is -3.46. The van der Waals surface area contributed by atoms with Gasteiger partial charge in [0.25, 0.3) is 0 Å². The highest BCUT2D eigenvalue weighted by atomic mass is 19.1. The van der Waals surface area contributed by atoms with E-state index in [4.69, 9.17) is 0 Å². The first-order valence-electron chi connectivity index (χ1n) is 11.9. The number of fused-ring (bicyclic) bond motifs is 1. The number of urea groups is 1. The van der Waals surface area contributed by atoms with Gasteiger partial charge in [0.05, 0.1) is 13.1 Å². The van der Waals surface area contributed by atoms with Crippen LogP contribution in [-0.4, -0.2) is 70.0 Å². The van der Waals surface area contributed by atoms with Crippen molar-refractivity contribution in [1.29, 1.82) is 0 Å². The van der Waals surface area contributed by atoms with Gasteiger partial charge in [-0.1, -0.05) is 56.3 Å². The largest absolute Gasteiger partial charge is 0.334 e. The topological polar surface area (TPSA) is 76.2 Å². The fourth-order valence-corrected chi connectivity index (χ4v) is 4.79. The van der Waals surface area contributed by atoms with Crippen molar-refractivity contribution >= 4 is 17.8 Å². The Morgan fingerprint density at radius 3 is 2.40 bits per heavy atom. The number of carbonyl (C=O) groups is 3. The molecule has 0 radical (unpaired) electrons. The summed E-state index contributed by atoms with van der Waals surface area (Å²) in [6, 6.07) is 14.6. The number of halogens is 1. The highest BCUT2D eigenvalue weighted by Gasteiger charge is 2.50. The maximum absolute atomic E-state index is 13.5. The lowest BCUT2D eigenvalue weighted by Crippen LogP contribution is -2.75. The number of nitrogens with zero attached hydrogens (tertiary/aromatic N) is 4. The van der Waals surface area contributed by atoms with Crippen molar-refractivity contribution in [3.05, 3.63) is 71.5 Å². The van der Waals surface area contributed by atoms with Gasteiger partial charge in [0.1, 0.15) is 18.0 Å². The first-order chi connectivity index (χ1) is 16.7. The summed E-state index contributed by atoms with van der Waals surface area (Å²) in [5, 5.41) is 6.10. The van der Waals surface area contributed by atoms with Crippen LogP contribution in [0.3, 0.4) is 0 Å². The molecule has 2 aromatic carbocycles. The number of hydrogen-bond acceptors (Lipinski definition) is 4. The fraction of sp³-hybridized carbons (Fsp3) is 0.423. The minimum Gasteiger partial charge on any atom is -0.333 e. The molecule has 8 nitrogen and oxygen atoms in total. The van der Waals surface area contributed by atoms with Crippen LogP contribution in [0.5, 0.6) is 0 Å². The predicted octanol–water partition coefficient (Wildman–Crippen LogP) is 2.81. The van der Waals surface area contributed by atoms with Crippen molar-refractivity contribution in [2.75, 3.05) is 20.1 Å². The Balaban J connectivity index is 1.61. The van der Waals surface area contributed by atoms with E-state index in [1.165, 1.54) is 12.1 Å². The summed E-state index contributed by atoms with van der Waals surface area (Å²) in [6.45, 7) is 4.81. The molecule has 2 atom stereocenters. The third kappa shape index (κ3) is 5.45. The molecule has 2 aliphatic rings. The van der Waals surface area contributed by atoms with E-state index in [2.05, 4.69) is 5.32 Å². The maximum atomic E-state index is 13.5. The number of hydrazine groups is 1. The molecule has 2 heterocycles. The van der Waals surface area contributed by atoms with E-state index in [-0.39, 0.29) is 49.2 Å². The van der Waals surface area contributed by atoms with Gasteiger partial charge in [-0.2, -0.15) is 0 Å². The van der Waals surface area contributed by atoms with Crippen molar-refractivity contribution in [3.63, 3.8) is 0 Å². The standard InChI is InChI=1S/C26H32FN5O3/c1-18(2)13-22-25(34)30(15-20-9-11-21(27)12-10-20)16-23-31(22)24(33)17-29(3)32(23)26(35)28-14-19-7-5-4-6-8-19/h4-12,18,22-23H,13-17H2,1-3H3,(H,28,35)/t22-,23-/m0/s1. The van der Waals surface area contributed by atoms with Gasteiger partial charge in [0, 0.05) is 20.1 Å². The zero-order valence-corrected chi connectivity index (χ0v) is 20.4. The van der Waals surface area contributed by atoms with Crippen LogP contribution in [0.15, 0.2) is 54.6 Å². The Kier molecular flexibility index (Phi) is 7.35. The minimum atomic E-state index is -0.667. The Morgan fingerprint density at radius 1 is 1.06 bits per heavy atom. The molecular formula is C26H32FN5O3. The average Bonchev–Trinajstić information content (AvgIpc) is 2.82. The van der Waals surface area contributed by atoms with E-state index < -0.39 is 12.2 Å². The Bertz CT molecular complexity index is 1060. The van der Waals surface area contributed by atoms with Gasteiger partial charge in [-0.25, -0.2) is 19.2 Å². The molecule has 35 heavy (non-hydrogen) atoms. The molecular weight excluding hydrogens is 449 g/mol. The van der Waals surface area contributed by atoms with Crippen LogP contribution in [0.2, 0.25) is 0 Å². The van der Waals surface area contributed by atoms with E-state index in [9.17, 15) is 18.8 Å². The summed E-state index contributed by atoms with van der Waals surface area (Å²) >= 11 is 0. The number of likely N-dealkylation sites (N-methyl/N-ethyl adjacent to an activating group) is 1. The van der Waals surface area contributed by atoms with E-state index in [1.807, 2.05) is 44.2 Å². The smallest absolute Gasteiger partial charge is 0.333 e. The lowest BCUT2D eigenvalue weighted by molar-refractivity contribution is -0.188. The van der Waals surface area contributed by atoms with Gasteiger partial charge in [-0.15, -0.1) is 0 Å². The van der Waals surface area contributed by atoms with Crippen molar-refractivity contribution in [2.24, 2.45) is 5.92 Å². The van der Waals surface area contributed by atoms with E-state index >= 15 is 0 Å². The monoisotopic (exact) mass is 481 g/mol. The van der Waals surface area contributed by atoms with Crippen molar-refractivity contribution in [3.8, 4) is 0 Å². The molecule has 186 valence electrons. The quantitative estimate of drug-likeness (QED) is 0.689. The molecule has 4 amide bonds. The van der Waals surface area contributed by atoms with Crippen LogP contribution in [0.1, 0.15) is 31.4 Å². The van der Waals surface area contributed by atoms with Crippen LogP contribution in [0.4, 0.5) is 9.18 Å². The number of amides is 4. The van der Waals surface area contributed by atoms with Crippen LogP contribution >= 0.6 is 0 Å². The highest BCUT2D eigenvalue weighted by Crippen LogP contribution is 2.29. The lowest BCUT2D eigenvalue weighted by atomic mass is 9.96. The molecule has 1 N–H and O–H groups in total. The van der Waals surface area contributed by atoms with Gasteiger partial charge in [-0.3, -0.25) is 9.59 Å². The summed E-state index contributed by atoms with van der Waals surface area (Å²) < 4.78 is 13.4. The van der Waals surface area contributed by atoms with Crippen LogP contribution in [-0.2, 0) is 22.7 Å². The molecule has 2 fully saturated rings. The summed E-state index contributed by atoms with van der Waals surface area (Å²) in [4.78, 5) is 43.3. The molecule has 4 rings (SSSR count). The molecule has 0 bridgehead atoms. The van der Waals surface area contributed by atoms with Crippen LogP contribution in [0.25, 0.3) is 0 Å². The van der Waals surface area contributed by atoms with Gasteiger partial charge >= 0.3 is 6.03 Å². The second-order valence-corrected chi connectivity index (χ2v) is 9.58.